The molecule has 4 nitrogen and oxygen atoms in total. The lowest BCUT2D eigenvalue weighted by atomic mass is 9.98. The molecule has 0 radical (unpaired) electrons. The summed E-state index contributed by atoms with van der Waals surface area (Å²) in [6.45, 7) is 4.10. The lowest BCUT2D eigenvalue weighted by molar-refractivity contribution is -0.122. The van der Waals surface area contributed by atoms with Crippen LogP contribution in [0.15, 0.2) is 52.3 Å². The van der Waals surface area contributed by atoms with Crippen LogP contribution in [0.3, 0.4) is 0 Å². The number of piperidine rings is 1. The number of rotatable bonds is 4. The van der Waals surface area contributed by atoms with Crippen molar-refractivity contribution in [3.8, 4) is 0 Å². The normalized spacial score (nSPS) is 18.5. The summed E-state index contributed by atoms with van der Waals surface area (Å²) >= 11 is 3.69. The fourth-order valence-electron chi connectivity index (χ4n) is 3.44. The second-order valence-electron chi connectivity index (χ2n) is 6.83. The minimum atomic E-state index is -0.152. The van der Waals surface area contributed by atoms with E-state index in [0.717, 1.165) is 25.9 Å². The summed E-state index contributed by atoms with van der Waals surface area (Å²) in [5.41, 5.74) is 9.11. The summed E-state index contributed by atoms with van der Waals surface area (Å²) in [5, 5.41) is 3.93. The van der Waals surface area contributed by atoms with Crippen LogP contribution in [-0.2, 0) is 4.79 Å². The molecule has 26 heavy (non-hydrogen) atoms. The van der Waals surface area contributed by atoms with Gasteiger partial charge in [0.15, 0.2) is 0 Å². The van der Waals surface area contributed by atoms with Crippen molar-refractivity contribution < 1.29 is 4.79 Å². The van der Waals surface area contributed by atoms with Crippen molar-refractivity contribution in [2.45, 2.75) is 34.8 Å². The number of hydrogen-bond acceptors (Lipinski definition) is 5. The van der Waals surface area contributed by atoms with Crippen LogP contribution in [0.4, 0.5) is 11.4 Å². The van der Waals surface area contributed by atoms with Gasteiger partial charge in [-0.1, -0.05) is 41.9 Å². The number of amides is 1. The van der Waals surface area contributed by atoms with E-state index in [-0.39, 0.29) is 11.8 Å². The van der Waals surface area contributed by atoms with Gasteiger partial charge in [-0.15, -0.1) is 0 Å². The fraction of sp³-hybridized carbons (Fsp3) is 0.350. The lowest BCUT2D eigenvalue weighted by Gasteiger charge is -2.31. The molecule has 0 saturated carbocycles. The van der Waals surface area contributed by atoms with E-state index in [1.54, 1.807) is 0 Å². The second-order valence-corrected chi connectivity index (χ2v) is 9.35. The molecule has 6 heteroatoms. The molecule has 1 amide bonds. The van der Waals surface area contributed by atoms with E-state index in [1.807, 2.05) is 23.7 Å². The van der Waals surface area contributed by atoms with E-state index >= 15 is 0 Å². The van der Waals surface area contributed by atoms with Crippen molar-refractivity contribution in [2.24, 2.45) is 11.7 Å². The Hall–Kier alpha value is -1.63. The Kier molecular flexibility index (Phi) is 5.16. The minimum absolute atomic E-state index is 0.0483. The number of nitrogens with one attached hydrogen (secondary N) is 1. The Morgan fingerprint density at radius 3 is 2.69 bits per heavy atom. The summed E-state index contributed by atoms with van der Waals surface area (Å²) in [4.78, 5) is 13.9. The molecule has 2 aliphatic heterocycles. The van der Waals surface area contributed by atoms with Crippen LogP contribution < -0.4 is 11.1 Å². The van der Waals surface area contributed by atoms with Gasteiger partial charge in [0.1, 0.15) is 0 Å². The van der Waals surface area contributed by atoms with Gasteiger partial charge in [-0.25, -0.2) is 0 Å². The topological polar surface area (TPSA) is 58.4 Å². The maximum absolute atomic E-state index is 11.3. The van der Waals surface area contributed by atoms with Crippen molar-refractivity contribution >= 4 is 41.0 Å². The summed E-state index contributed by atoms with van der Waals surface area (Å²) in [6.07, 6.45) is 1.74. The predicted octanol–water partition coefficient (Wildman–Crippen LogP) is 4.80. The molecule has 136 valence electrons. The first-order valence-electron chi connectivity index (χ1n) is 8.99. The Labute approximate surface area is 163 Å². The molecule has 2 aromatic rings. The van der Waals surface area contributed by atoms with Crippen LogP contribution in [0.25, 0.3) is 0 Å². The van der Waals surface area contributed by atoms with E-state index in [0.29, 0.717) is 5.25 Å². The number of benzene rings is 2. The summed E-state index contributed by atoms with van der Waals surface area (Å²) < 4.78 is 2.38. The molecule has 1 fully saturated rings. The highest BCUT2D eigenvalue weighted by molar-refractivity contribution is 7.99. The summed E-state index contributed by atoms with van der Waals surface area (Å²) in [5.74, 6) is -0.103. The number of nitrogens with two attached hydrogens (primary N) is 1. The number of carbonyl (C=O) groups is 1. The third kappa shape index (κ3) is 3.72. The lowest BCUT2D eigenvalue weighted by Crippen LogP contribution is -2.35. The highest BCUT2D eigenvalue weighted by Crippen LogP contribution is 2.45. The highest BCUT2D eigenvalue weighted by Gasteiger charge is 2.25. The second kappa shape index (κ2) is 7.55. The highest BCUT2D eigenvalue weighted by atomic mass is 32.2. The fourth-order valence-corrected chi connectivity index (χ4v) is 5.55. The van der Waals surface area contributed by atoms with Crippen LogP contribution in [0.2, 0.25) is 0 Å². The number of anilines is 2. The number of hydrogen-bond donors (Lipinski definition) is 2. The zero-order chi connectivity index (χ0) is 18.1. The Morgan fingerprint density at radius 2 is 1.92 bits per heavy atom. The van der Waals surface area contributed by atoms with Crippen molar-refractivity contribution in [3.63, 3.8) is 0 Å². The maximum Gasteiger partial charge on any atom is 0.220 e. The number of primary amides is 1. The minimum Gasteiger partial charge on any atom is -0.369 e. The van der Waals surface area contributed by atoms with Crippen molar-refractivity contribution in [1.82, 2.24) is 4.31 Å². The molecule has 0 aromatic heterocycles. The smallest absolute Gasteiger partial charge is 0.220 e. The van der Waals surface area contributed by atoms with E-state index in [1.165, 1.54) is 26.7 Å². The van der Waals surface area contributed by atoms with Gasteiger partial charge in [-0.05, 0) is 49.6 Å². The van der Waals surface area contributed by atoms with Crippen LogP contribution in [0, 0.1) is 5.92 Å². The molecule has 2 aliphatic rings. The molecule has 0 aliphatic carbocycles. The molecule has 2 heterocycles. The Morgan fingerprint density at radius 1 is 1.19 bits per heavy atom. The van der Waals surface area contributed by atoms with Gasteiger partial charge in [0.05, 0.1) is 11.4 Å². The number of carbonyl (C=O) groups excluding carboxylic acids is 1. The number of para-hydroxylation sites is 1. The molecule has 3 N–H and O–H groups in total. The van der Waals surface area contributed by atoms with Crippen molar-refractivity contribution in [1.29, 1.82) is 0 Å². The van der Waals surface area contributed by atoms with Crippen LogP contribution >= 0.6 is 23.7 Å². The number of fused-ring (bicyclic) bond motifs is 2. The predicted molar refractivity (Wildman–Crippen MR) is 110 cm³/mol. The summed E-state index contributed by atoms with van der Waals surface area (Å²) in [7, 11) is 0. The summed E-state index contributed by atoms with van der Waals surface area (Å²) in [6, 6.07) is 15.1. The zero-order valence-electron chi connectivity index (χ0n) is 14.8. The van der Waals surface area contributed by atoms with Crippen molar-refractivity contribution in [2.75, 3.05) is 18.4 Å². The molecule has 0 bridgehead atoms. The van der Waals surface area contributed by atoms with Gasteiger partial charge < -0.3 is 11.1 Å². The van der Waals surface area contributed by atoms with E-state index < -0.39 is 0 Å². The Balaban J connectivity index is 1.42. The average molecular weight is 386 g/mol. The Bertz CT molecular complexity index is 818. The van der Waals surface area contributed by atoms with Crippen LogP contribution in [-0.4, -0.2) is 23.3 Å². The molecule has 1 saturated heterocycles. The molecule has 4 rings (SSSR count). The van der Waals surface area contributed by atoms with Gasteiger partial charge >= 0.3 is 0 Å². The average Bonchev–Trinajstić information content (AvgIpc) is 2.66. The third-order valence-electron chi connectivity index (χ3n) is 5.01. The first-order chi connectivity index (χ1) is 12.6. The molecular weight excluding hydrogens is 362 g/mol. The van der Waals surface area contributed by atoms with E-state index in [2.05, 4.69) is 59.0 Å². The molecular formula is C20H23N3OS2. The zero-order valence-corrected chi connectivity index (χ0v) is 16.4. The molecule has 2 aromatic carbocycles. The first kappa shape index (κ1) is 17.8. The SMILES string of the molecule is CC(SN1CCC(C(N)=O)CC1)c1ccc2c(c1)Nc1ccccc1S2. The maximum atomic E-state index is 11.3. The van der Waals surface area contributed by atoms with Crippen LogP contribution in [0.1, 0.15) is 30.6 Å². The van der Waals surface area contributed by atoms with Crippen LogP contribution in [0.5, 0.6) is 0 Å². The van der Waals surface area contributed by atoms with Gasteiger partial charge in [0, 0.05) is 34.0 Å². The van der Waals surface area contributed by atoms with Crippen molar-refractivity contribution in [3.05, 3.63) is 48.0 Å². The quantitative estimate of drug-likeness (QED) is 0.632. The monoisotopic (exact) mass is 385 g/mol. The van der Waals surface area contributed by atoms with Gasteiger partial charge in [-0.3, -0.25) is 9.10 Å². The van der Waals surface area contributed by atoms with Gasteiger partial charge in [0.25, 0.3) is 0 Å². The van der Waals surface area contributed by atoms with E-state index in [9.17, 15) is 4.79 Å². The first-order valence-corrected chi connectivity index (χ1v) is 10.6. The molecule has 1 atom stereocenters. The standard InChI is InChI=1S/C20H23N3OS2/c1-13(26-23-10-8-14(9-11-23)20(21)24)15-6-7-19-17(12-15)22-16-4-2-3-5-18(16)25-19/h2-7,12-14,22H,8-11H2,1H3,(H2,21,24). The third-order valence-corrected chi connectivity index (χ3v) is 7.42. The molecule has 0 spiro atoms. The van der Waals surface area contributed by atoms with Gasteiger partial charge in [-0.2, -0.15) is 0 Å². The number of nitrogens with zero attached hydrogens (tertiary/aromatic N) is 1. The van der Waals surface area contributed by atoms with Gasteiger partial charge in [0.2, 0.25) is 5.91 Å². The van der Waals surface area contributed by atoms with E-state index in [4.69, 9.17) is 5.73 Å². The largest absolute Gasteiger partial charge is 0.369 e. The molecule has 1 unspecified atom stereocenters.